The fourth-order valence-electron chi connectivity index (χ4n) is 1.33. The molecule has 1 atom stereocenters. The Morgan fingerprint density at radius 2 is 2.14 bits per heavy atom. The highest BCUT2D eigenvalue weighted by atomic mass is 35.5. The molecule has 0 aromatic heterocycles. The van der Waals surface area contributed by atoms with Crippen molar-refractivity contribution in [3.63, 3.8) is 0 Å². The molecule has 0 aliphatic carbocycles. The average molecular weight is 223 g/mol. The quantitative estimate of drug-likeness (QED) is 0.531. The van der Waals surface area contributed by atoms with Gasteiger partial charge < -0.3 is 14.2 Å². The Morgan fingerprint density at radius 3 is 2.57 bits per heavy atom. The predicted molar refractivity (Wildman–Crippen MR) is 51.2 cm³/mol. The van der Waals surface area contributed by atoms with Crippen molar-refractivity contribution < 1.29 is 19.0 Å². The molecule has 1 saturated heterocycles. The van der Waals surface area contributed by atoms with Gasteiger partial charge in [0.25, 0.3) is 0 Å². The first-order valence-electron chi connectivity index (χ1n) is 4.60. The van der Waals surface area contributed by atoms with Crippen LogP contribution in [0.4, 0.5) is 0 Å². The summed E-state index contributed by atoms with van der Waals surface area (Å²) in [4.78, 5) is 11.7. The molecule has 0 aromatic carbocycles. The van der Waals surface area contributed by atoms with Crippen LogP contribution >= 0.6 is 11.6 Å². The van der Waals surface area contributed by atoms with Gasteiger partial charge in [-0.05, 0) is 13.8 Å². The number of hydrogen-bond acceptors (Lipinski definition) is 4. The minimum absolute atomic E-state index is 0.213. The average Bonchev–Trinajstić information content (AvgIpc) is 2.19. The van der Waals surface area contributed by atoms with Crippen LogP contribution in [0.2, 0.25) is 0 Å². The molecule has 1 rings (SSSR count). The van der Waals surface area contributed by atoms with Gasteiger partial charge >= 0.3 is 5.97 Å². The fraction of sp³-hybridized carbons (Fsp3) is 0.889. The third kappa shape index (κ3) is 2.19. The van der Waals surface area contributed by atoms with E-state index in [2.05, 4.69) is 0 Å². The molecule has 0 bridgehead atoms. The van der Waals surface area contributed by atoms with Crippen LogP contribution in [0.5, 0.6) is 0 Å². The maximum atomic E-state index is 11.7. The lowest BCUT2D eigenvalue weighted by Gasteiger charge is -2.36. The number of alkyl halides is 1. The first kappa shape index (κ1) is 11.8. The molecule has 1 unspecified atom stereocenters. The van der Waals surface area contributed by atoms with Gasteiger partial charge in [0.05, 0.1) is 25.2 Å². The molecule has 0 amide bonds. The van der Waals surface area contributed by atoms with Crippen molar-refractivity contribution in [3.05, 3.63) is 0 Å². The first-order valence-corrected chi connectivity index (χ1v) is 5.04. The van der Waals surface area contributed by atoms with Gasteiger partial charge in [-0.2, -0.15) is 0 Å². The zero-order valence-corrected chi connectivity index (χ0v) is 9.17. The van der Waals surface area contributed by atoms with Crippen LogP contribution in [-0.4, -0.2) is 38.0 Å². The molecule has 0 aromatic rings. The molecule has 82 valence electrons. The van der Waals surface area contributed by atoms with E-state index in [0.29, 0.717) is 6.61 Å². The summed E-state index contributed by atoms with van der Waals surface area (Å²) in [5, 5.41) is -0.373. The Bertz CT molecular complexity index is 199. The molecule has 0 saturated carbocycles. The smallest absolute Gasteiger partial charge is 0.318 e. The van der Waals surface area contributed by atoms with Gasteiger partial charge in [0.1, 0.15) is 12.2 Å². The molecular weight excluding hydrogens is 208 g/mol. The molecule has 0 N–H and O–H groups in total. The number of rotatable bonds is 3. The molecule has 4 nitrogen and oxygen atoms in total. The summed E-state index contributed by atoms with van der Waals surface area (Å²) in [6, 6.07) is 0. The van der Waals surface area contributed by atoms with Gasteiger partial charge in [-0.15, -0.1) is 11.6 Å². The lowest BCUT2D eigenvalue weighted by atomic mass is 9.86. The van der Waals surface area contributed by atoms with E-state index >= 15 is 0 Å². The normalized spacial score (nSPS) is 22.8. The molecule has 5 heteroatoms. The maximum Gasteiger partial charge on any atom is 0.318 e. The largest absolute Gasteiger partial charge is 0.465 e. The van der Waals surface area contributed by atoms with E-state index in [4.69, 9.17) is 25.8 Å². The minimum Gasteiger partial charge on any atom is -0.465 e. The van der Waals surface area contributed by atoms with E-state index in [-0.39, 0.29) is 31.4 Å². The monoisotopic (exact) mass is 222 g/mol. The molecule has 14 heavy (non-hydrogen) atoms. The van der Waals surface area contributed by atoms with Gasteiger partial charge in [-0.1, -0.05) is 0 Å². The molecular formula is C9H15ClO4. The van der Waals surface area contributed by atoms with Crippen molar-refractivity contribution in [2.45, 2.75) is 19.2 Å². The summed E-state index contributed by atoms with van der Waals surface area (Å²) >= 11 is 5.98. The molecule has 1 fully saturated rings. The van der Waals surface area contributed by atoms with E-state index in [9.17, 15) is 4.79 Å². The van der Waals surface area contributed by atoms with Crippen molar-refractivity contribution in [3.8, 4) is 0 Å². The number of esters is 1. The molecule has 0 radical (unpaired) electrons. The third-order valence-corrected chi connectivity index (χ3v) is 2.75. The fourth-order valence-corrected chi connectivity index (χ4v) is 1.55. The predicted octanol–water partition coefficient (Wildman–Crippen LogP) is 1.17. The van der Waals surface area contributed by atoms with E-state index < -0.39 is 5.41 Å². The number of carbonyl (C=O) groups is 1. The number of hydrogen-bond donors (Lipinski definition) is 0. The summed E-state index contributed by atoms with van der Waals surface area (Å²) in [6.45, 7) is 4.58. The van der Waals surface area contributed by atoms with Crippen LogP contribution in [0.3, 0.4) is 0 Å². The molecule has 0 spiro atoms. The van der Waals surface area contributed by atoms with Gasteiger partial charge in [-0.3, -0.25) is 4.79 Å². The van der Waals surface area contributed by atoms with Crippen molar-refractivity contribution in [1.29, 1.82) is 0 Å². The van der Waals surface area contributed by atoms with Crippen LogP contribution in [0.1, 0.15) is 13.8 Å². The molecule has 1 aliphatic heterocycles. The highest BCUT2D eigenvalue weighted by Crippen LogP contribution is 2.31. The van der Waals surface area contributed by atoms with Crippen LogP contribution in [-0.2, 0) is 19.0 Å². The Morgan fingerprint density at radius 1 is 1.57 bits per heavy atom. The Balaban J connectivity index is 2.74. The van der Waals surface area contributed by atoms with E-state index in [1.807, 2.05) is 0 Å². The number of ether oxygens (including phenoxy) is 3. The lowest BCUT2D eigenvalue weighted by molar-refractivity contribution is -0.194. The summed E-state index contributed by atoms with van der Waals surface area (Å²) < 4.78 is 15.2. The minimum atomic E-state index is -0.851. The SMILES string of the molecule is CCOC(=O)C1(C(C)Cl)COCOC1. The second-order valence-electron chi connectivity index (χ2n) is 3.31. The molecule has 1 aliphatic rings. The second kappa shape index (κ2) is 4.96. The van der Waals surface area contributed by atoms with Crippen LogP contribution in [0.25, 0.3) is 0 Å². The number of carbonyl (C=O) groups excluding carboxylic acids is 1. The molecule has 1 heterocycles. The summed E-state index contributed by atoms with van der Waals surface area (Å²) in [5.41, 5.74) is -0.851. The second-order valence-corrected chi connectivity index (χ2v) is 3.96. The maximum absolute atomic E-state index is 11.7. The third-order valence-electron chi connectivity index (χ3n) is 2.33. The van der Waals surface area contributed by atoms with Gasteiger partial charge in [0.2, 0.25) is 0 Å². The van der Waals surface area contributed by atoms with Gasteiger partial charge in [-0.25, -0.2) is 0 Å². The Labute approximate surface area is 88.5 Å². The topological polar surface area (TPSA) is 44.8 Å². The van der Waals surface area contributed by atoms with Crippen molar-refractivity contribution in [2.75, 3.05) is 26.6 Å². The lowest BCUT2D eigenvalue weighted by Crippen LogP contribution is -2.50. The standard InChI is InChI=1S/C9H15ClO4/c1-3-14-8(11)9(7(2)10)4-12-6-13-5-9/h7H,3-6H2,1-2H3. The highest BCUT2D eigenvalue weighted by Gasteiger charge is 2.47. The van der Waals surface area contributed by atoms with Crippen molar-refractivity contribution in [1.82, 2.24) is 0 Å². The summed E-state index contributed by atoms with van der Waals surface area (Å²) in [6.07, 6.45) is 0. The number of halogens is 1. The van der Waals surface area contributed by atoms with Crippen LogP contribution in [0.15, 0.2) is 0 Å². The Kier molecular flexibility index (Phi) is 4.16. The van der Waals surface area contributed by atoms with E-state index in [0.717, 1.165) is 0 Å². The first-order chi connectivity index (χ1) is 6.63. The van der Waals surface area contributed by atoms with Crippen molar-refractivity contribution >= 4 is 17.6 Å². The van der Waals surface area contributed by atoms with E-state index in [1.54, 1.807) is 13.8 Å². The zero-order valence-electron chi connectivity index (χ0n) is 8.42. The zero-order chi connectivity index (χ0) is 10.6. The van der Waals surface area contributed by atoms with Crippen LogP contribution in [0, 0.1) is 5.41 Å². The van der Waals surface area contributed by atoms with Gasteiger partial charge in [0.15, 0.2) is 0 Å². The summed E-state index contributed by atoms with van der Waals surface area (Å²) in [5.74, 6) is -0.345. The van der Waals surface area contributed by atoms with Crippen LogP contribution < -0.4 is 0 Å². The summed E-state index contributed by atoms with van der Waals surface area (Å²) in [7, 11) is 0. The van der Waals surface area contributed by atoms with Gasteiger partial charge in [0, 0.05) is 0 Å². The Hall–Kier alpha value is -0.320. The highest BCUT2D eigenvalue weighted by molar-refractivity contribution is 6.22. The van der Waals surface area contributed by atoms with Crippen molar-refractivity contribution in [2.24, 2.45) is 5.41 Å². The van der Waals surface area contributed by atoms with E-state index in [1.165, 1.54) is 0 Å².